The van der Waals surface area contributed by atoms with E-state index >= 15 is 0 Å². The number of unbranched alkanes of at least 4 members (excludes halogenated alkanes) is 3. The van der Waals surface area contributed by atoms with Crippen LogP contribution in [0.1, 0.15) is 107 Å². The lowest BCUT2D eigenvalue weighted by Gasteiger charge is -2.30. The molecule has 1 aromatic rings. The Morgan fingerprint density at radius 3 is 1.87 bits per heavy atom. The molecule has 0 unspecified atom stereocenters. The first-order valence-corrected chi connectivity index (χ1v) is 12.4. The third-order valence-corrected chi connectivity index (χ3v) is 7.23. The van der Waals surface area contributed by atoms with Gasteiger partial charge in [0.2, 0.25) is 0 Å². The van der Waals surface area contributed by atoms with E-state index in [4.69, 9.17) is 4.74 Å². The van der Waals surface area contributed by atoms with Crippen molar-refractivity contribution in [3.05, 3.63) is 47.5 Å². The standard InChI is InChI=1S/C27H39F3O/c1-2-3-4-5-20-31-26-16-14-25(15-17-26)24-12-10-23(11-13-24)22-8-6-21(7-9-22)18-19-27(28,29)30/h10-13,18-19,21-22,25-26H,2-9,14-17,20H2,1H3. The zero-order valence-corrected chi connectivity index (χ0v) is 19.0. The first-order valence-electron chi connectivity index (χ1n) is 12.4. The lowest BCUT2D eigenvalue weighted by molar-refractivity contribution is -0.0803. The third-order valence-electron chi connectivity index (χ3n) is 7.23. The van der Waals surface area contributed by atoms with Crippen molar-refractivity contribution in [2.24, 2.45) is 5.92 Å². The van der Waals surface area contributed by atoms with Gasteiger partial charge < -0.3 is 4.74 Å². The van der Waals surface area contributed by atoms with Gasteiger partial charge in [-0.15, -0.1) is 0 Å². The Labute approximate surface area is 186 Å². The van der Waals surface area contributed by atoms with E-state index in [1.54, 1.807) is 0 Å². The summed E-state index contributed by atoms with van der Waals surface area (Å²) in [7, 11) is 0. The number of hydrogen-bond donors (Lipinski definition) is 0. The summed E-state index contributed by atoms with van der Waals surface area (Å²) in [6, 6.07) is 9.12. The molecule has 0 aliphatic heterocycles. The number of alkyl halides is 3. The largest absolute Gasteiger partial charge is 0.409 e. The average Bonchev–Trinajstić information content (AvgIpc) is 2.78. The Balaban J connectivity index is 1.39. The van der Waals surface area contributed by atoms with Gasteiger partial charge in [-0.2, -0.15) is 13.2 Å². The first-order chi connectivity index (χ1) is 14.9. The van der Waals surface area contributed by atoms with Crippen LogP contribution in [0.2, 0.25) is 0 Å². The maximum absolute atomic E-state index is 12.4. The van der Waals surface area contributed by atoms with Crippen molar-refractivity contribution in [3.8, 4) is 0 Å². The Hall–Kier alpha value is -1.29. The molecule has 0 N–H and O–H groups in total. The van der Waals surface area contributed by atoms with Gasteiger partial charge in [0.1, 0.15) is 0 Å². The molecule has 0 bridgehead atoms. The van der Waals surface area contributed by atoms with Crippen LogP contribution >= 0.6 is 0 Å². The zero-order chi connectivity index (χ0) is 22.1. The Morgan fingerprint density at radius 2 is 1.35 bits per heavy atom. The normalized spacial score (nSPS) is 27.6. The summed E-state index contributed by atoms with van der Waals surface area (Å²) in [5.74, 6) is 1.19. The molecule has 0 saturated heterocycles. The van der Waals surface area contributed by atoms with Crippen LogP contribution in [0.15, 0.2) is 36.4 Å². The van der Waals surface area contributed by atoms with Crippen molar-refractivity contribution >= 4 is 0 Å². The highest BCUT2D eigenvalue weighted by Gasteiger charge is 2.26. The summed E-state index contributed by atoms with van der Waals surface area (Å²) in [4.78, 5) is 0. The van der Waals surface area contributed by atoms with Crippen LogP contribution in [0, 0.1) is 5.92 Å². The van der Waals surface area contributed by atoms with Gasteiger partial charge in [-0.25, -0.2) is 0 Å². The Kier molecular flexibility index (Phi) is 9.49. The monoisotopic (exact) mass is 436 g/mol. The molecule has 2 aliphatic rings. The SMILES string of the molecule is CCCCCCOC1CCC(c2ccc(C3CCC(C=CC(F)(F)F)CC3)cc2)CC1. The van der Waals surface area contributed by atoms with E-state index in [2.05, 4.69) is 31.2 Å². The molecule has 1 nitrogen and oxygen atoms in total. The second-order valence-corrected chi connectivity index (χ2v) is 9.58. The van der Waals surface area contributed by atoms with E-state index in [9.17, 15) is 13.2 Å². The van der Waals surface area contributed by atoms with Gasteiger partial charge in [0.05, 0.1) is 6.10 Å². The summed E-state index contributed by atoms with van der Waals surface area (Å²) in [6.45, 7) is 3.15. The number of benzene rings is 1. The average molecular weight is 437 g/mol. The van der Waals surface area contributed by atoms with Crippen molar-refractivity contribution < 1.29 is 17.9 Å². The Bertz CT molecular complexity index is 648. The minimum atomic E-state index is -4.19. The van der Waals surface area contributed by atoms with Gasteiger partial charge in [0.15, 0.2) is 0 Å². The molecule has 2 saturated carbocycles. The summed E-state index contributed by atoms with van der Waals surface area (Å²) >= 11 is 0. The molecular formula is C27H39F3O. The zero-order valence-electron chi connectivity index (χ0n) is 19.0. The van der Waals surface area contributed by atoms with Crippen LogP contribution in [-0.4, -0.2) is 18.9 Å². The van der Waals surface area contributed by atoms with Gasteiger partial charge in [-0.05, 0) is 86.7 Å². The molecular weight excluding hydrogens is 397 g/mol. The van der Waals surface area contributed by atoms with Crippen LogP contribution < -0.4 is 0 Å². The summed E-state index contributed by atoms with van der Waals surface area (Å²) < 4.78 is 43.2. The molecule has 0 radical (unpaired) electrons. The predicted octanol–water partition coefficient (Wildman–Crippen LogP) is 8.70. The van der Waals surface area contributed by atoms with Crippen molar-refractivity contribution in [1.29, 1.82) is 0 Å². The maximum Gasteiger partial charge on any atom is 0.409 e. The van der Waals surface area contributed by atoms with Gasteiger partial charge in [-0.3, -0.25) is 0 Å². The van der Waals surface area contributed by atoms with E-state index < -0.39 is 6.18 Å². The fourth-order valence-electron chi connectivity index (χ4n) is 5.27. The van der Waals surface area contributed by atoms with E-state index in [-0.39, 0.29) is 5.92 Å². The lowest BCUT2D eigenvalue weighted by atomic mass is 9.77. The van der Waals surface area contributed by atoms with Crippen molar-refractivity contribution in [2.45, 2.75) is 108 Å². The maximum atomic E-state index is 12.4. The molecule has 4 heteroatoms. The number of rotatable bonds is 9. The molecule has 2 fully saturated rings. The minimum Gasteiger partial charge on any atom is -0.378 e. The molecule has 174 valence electrons. The number of allylic oxidation sites excluding steroid dienone is 2. The Morgan fingerprint density at radius 1 is 0.806 bits per heavy atom. The molecule has 0 atom stereocenters. The van der Waals surface area contributed by atoms with Crippen molar-refractivity contribution in [2.75, 3.05) is 6.61 Å². The second kappa shape index (κ2) is 12.1. The highest BCUT2D eigenvalue weighted by Crippen LogP contribution is 2.39. The minimum absolute atomic E-state index is 0.0706. The molecule has 0 amide bonds. The fourth-order valence-corrected chi connectivity index (χ4v) is 5.27. The first kappa shape index (κ1) is 24.4. The van der Waals surface area contributed by atoms with Crippen LogP contribution in [0.25, 0.3) is 0 Å². The van der Waals surface area contributed by atoms with Crippen LogP contribution in [0.3, 0.4) is 0 Å². The third kappa shape index (κ3) is 8.29. The number of halogens is 3. The molecule has 2 aliphatic carbocycles. The highest BCUT2D eigenvalue weighted by molar-refractivity contribution is 5.28. The predicted molar refractivity (Wildman–Crippen MR) is 121 cm³/mol. The molecule has 31 heavy (non-hydrogen) atoms. The van der Waals surface area contributed by atoms with Crippen molar-refractivity contribution in [3.63, 3.8) is 0 Å². The fraction of sp³-hybridized carbons (Fsp3) is 0.704. The summed E-state index contributed by atoms with van der Waals surface area (Å²) in [6.07, 6.45) is 11.5. The summed E-state index contributed by atoms with van der Waals surface area (Å²) in [5, 5.41) is 0. The van der Waals surface area contributed by atoms with Gasteiger partial charge in [-0.1, -0.05) is 56.5 Å². The number of hydrogen-bond acceptors (Lipinski definition) is 1. The van der Waals surface area contributed by atoms with E-state index in [1.165, 1.54) is 55.7 Å². The molecule has 0 aromatic heterocycles. The van der Waals surface area contributed by atoms with Gasteiger partial charge in [0, 0.05) is 12.7 Å². The lowest BCUT2D eigenvalue weighted by Crippen LogP contribution is -2.21. The van der Waals surface area contributed by atoms with Crippen molar-refractivity contribution in [1.82, 2.24) is 0 Å². The van der Waals surface area contributed by atoms with E-state index in [1.807, 2.05) is 0 Å². The van der Waals surface area contributed by atoms with Crippen LogP contribution in [-0.2, 0) is 4.74 Å². The van der Waals surface area contributed by atoms with E-state index in [0.717, 1.165) is 45.1 Å². The topological polar surface area (TPSA) is 9.23 Å². The summed E-state index contributed by atoms with van der Waals surface area (Å²) in [5.41, 5.74) is 2.79. The molecule has 3 rings (SSSR count). The number of ether oxygens (including phenoxy) is 1. The quantitative estimate of drug-likeness (QED) is 0.278. The smallest absolute Gasteiger partial charge is 0.378 e. The van der Waals surface area contributed by atoms with Crippen LogP contribution in [0.4, 0.5) is 13.2 Å². The molecule has 1 aromatic carbocycles. The van der Waals surface area contributed by atoms with Gasteiger partial charge >= 0.3 is 6.18 Å². The molecule has 0 spiro atoms. The van der Waals surface area contributed by atoms with Gasteiger partial charge in [0.25, 0.3) is 0 Å². The van der Waals surface area contributed by atoms with E-state index in [0.29, 0.717) is 24.0 Å². The molecule has 0 heterocycles. The second-order valence-electron chi connectivity index (χ2n) is 9.58. The highest BCUT2D eigenvalue weighted by atomic mass is 19.4. The van der Waals surface area contributed by atoms with Crippen LogP contribution in [0.5, 0.6) is 0 Å².